The van der Waals surface area contributed by atoms with Gasteiger partial charge in [-0.2, -0.15) is 0 Å². The normalized spacial score (nSPS) is 12.4. The van der Waals surface area contributed by atoms with Crippen LogP contribution in [0.2, 0.25) is 0 Å². The van der Waals surface area contributed by atoms with Crippen molar-refractivity contribution in [2.24, 2.45) is 4.99 Å². The molecule has 0 heterocycles. The largest absolute Gasteiger partial charge is 0.356 e. The average molecular weight is 466 g/mol. The second kappa shape index (κ2) is 11.9. The van der Waals surface area contributed by atoms with Crippen molar-refractivity contribution in [3.05, 3.63) is 71.3 Å². The van der Waals surface area contributed by atoms with Crippen LogP contribution >= 0.6 is 24.0 Å². The van der Waals surface area contributed by atoms with Gasteiger partial charge in [0.15, 0.2) is 5.96 Å². The molecule has 0 fully saturated rings. The predicted molar refractivity (Wildman–Crippen MR) is 122 cm³/mol. The number of guanidine groups is 1. The van der Waals surface area contributed by atoms with Gasteiger partial charge in [0, 0.05) is 26.7 Å². The molecule has 1 atom stereocenters. The van der Waals surface area contributed by atoms with Crippen molar-refractivity contribution >= 4 is 29.9 Å². The number of rotatable bonds is 7. The number of hydrogen-bond donors (Lipinski definition) is 2. The van der Waals surface area contributed by atoms with E-state index in [-0.39, 0.29) is 24.0 Å². The first-order valence-electron chi connectivity index (χ1n) is 8.80. The van der Waals surface area contributed by atoms with Crippen molar-refractivity contribution < 1.29 is 0 Å². The summed E-state index contributed by atoms with van der Waals surface area (Å²) in [5, 5.41) is 6.81. The van der Waals surface area contributed by atoms with Crippen LogP contribution in [0, 0.1) is 0 Å². The van der Waals surface area contributed by atoms with Gasteiger partial charge >= 0.3 is 0 Å². The highest BCUT2D eigenvalue weighted by Crippen LogP contribution is 2.13. The highest BCUT2D eigenvalue weighted by Gasteiger charge is 2.06. The Bertz CT molecular complexity index is 671. The lowest BCUT2D eigenvalue weighted by Gasteiger charge is -2.17. The standard InChI is InChI=1S/C21H30N4.HI/c1-17(20-11-6-5-7-12-20)14-23-21(22-2)24-15-18-9-8-10-19(13-18)16-25(3)4;/h5-13,17H,14-16H2,1-4H3,(H2,22,23,24);1H. The molecule has 0 aliphatic heterocycles. The van der Waals surface area contributed by atoms with Crippen molar-refractivity contribution in [2.75, 3.05) is 27.7 Å². The summed E-state index contributed by atoms with van der Waals surface area (Å²) in [6.07, 6.45) is 0. The van der Waals surface area contributed by atoms with Crippen LogP contribution in [-0.2, 0) is 13.1 Å². The summed E-state index contributed by atoms with van der Waals surface area (Å²) in [7, 11) is 5.99. The molecule has 0 amide bonds. The van der Waals surface area contributed by atoms with E-state index in [1.165, 1.54) is 16.7 Å². The Labute approximate surface area is 175 Å². The monoisotopic (exact) mass is 466 g/mol. The maximum atomic E-state index is 4.33. The number of hydrogen-bond acceptors (Lipinski definition) is 2. The summed E-state index contributed by atoms with van der Waals surface area (Å²) in [6.45, 7) is 4.79. The predicted octanol–water partition coefficient (Wildman–Crippen LogP) is 3.83. The van der Waals surface area contributed by atoms with E-state index in [1.807, 2.05) is 7.05 Å². The number of nitrogens with zero attached hydrogens (tertiary/aromatic N) is 2. The zero-order valence-electron chi connectivity index (χ0n) is 16.2. The van der Waals surface area contributed by atoms with Gasteiger partial charge in [0.05, 0.1) is 0 Å². The van der Waals surface area contributed by atoms with Crippen molar-refractivity contribution in [1.82, 2.24) is 15.5 Å². The van der Waals surface area contributed by atoms with E-state index >= 15 is 0 Å². The summed E-state index contributed by atoms with van der Waals surface area (Å²) >= 11 is 0. The van der Waals surface area contributed by atoms with Crippen LogP contribution < -0.4 is 10.6 Å². The fourth-order valence-corrected chi connectivity index (χ4v) is 2.76. The molecule has 4 nitrogen and oxygen atoms in total. The van der Waals surface area contributed by atoms with Crippen molar-refractivity contribution in [1.29, 1.82) is 0 Å². The minimum atomic E-state index is 0. The summed E-state index contributed by atoms with van der Waals surface area (Å²) in [5.41, 5.74) is 3.92. The van der Waals surface area contributed by atoms with Gasteiger partial charge in [0.25, 0.3) is 0 Å². The summed E-state index contributed by atoms with van der Waals surface area (Å²) in [6, 6.07) is 19.2. The second-order valence-corrected chi connectivity index (χ2v) is 6.68. The molecule has 2 rings (SSSR count). The third-order valence-corrected chi connectivity index (χ3v) is 4.12. The molecule has 0 aliphatic carbocycles. The maximum absolute atomic E-state index is 4.33. The van der Waals surface area contributed by atoms with E-state index in [0.29, 0.717) is 5.92 Å². The Kier molecular flexibility index (Phi) is 10.3. The molecule has 0 saturated heterocycles. The molecule has 0 saturated carbocycles. The van der Waals surface area contributed by atoms with Gasteiger partial charge in [-0.3, -0.25) is 4.99 Å². The molecule has 0 aliphatic rings. The quantitative estimate of drug-likeness (QED) is 0.370. The molecule has 1 unspecified atom stereocenters. The smallest absolute Gasteiger partial charge is 0.191 e. The molecule has 0 bridgehead atoms. The number of nitrogens with one attached hydrogen (secondary N) is 2. The highest BCUT2D eigenvalue weighted by atomic mass is 127. The van der Waals surface area contributed by atoms with E-state index in [4.69, 9.17) is 0 Å². The summed E-state index contributed by atoms with van der Waals surface area (Å²) < 4.78 is 0. The molecule has 5 heteroatoms. The minimum absolute atomic E-state index is 0. The van der Waals surface area contributed by atoms with E-state index < -0.39 is 0 Å². The van der Waals surface area contributed by atoms with Crippen LogP contribution in [0.25, 0.3) is 0 Å². The molecule has 0 spiro atoms. The molecule has 0 radical (unpaired) electrons. The molecule has 2 N–H and O–H groups in total. The zero-order valence-corrected chi connectivity index (χ0v) is 18.5. The second-order valence-electron chi connectivity index (χ2n) is 6.68. The van der Waals surface area contributed by atoms with Crippen LogP contribution in [0.15, 0.2) is 59.6 Å². The van der Waals surface area contributed by atoms with Crippen molar-refractivity contribution in [3.8, 4) is 0 Å². The van der Waals surface area contributed by atoms with E-state index in [1.54, 1.807) is 0 Å². The Balaban J connectivity index is 0.00000338. The lowest BCUT2D eigenvalue weighted by Crippen LogP contribution is -2.38. The third kappa shape index (κ3) is 7.74. The van der Waals surface area contributed by atoms with E-state index in [2.05, 4.69) is 96.1 Å². The van der Waals surface area contributed by atoms with Crippen LogP contribution in [0.5, 0.6) is 0 Å². The SMILES string of the molecule is CN=C(NCc1cccc(CN(C)C)c1)NCC(C)c1ccccc1.I. The first-order chi connectivity index (χ1) is 12.1. The first kappa shape index (κ1) is 22.4. The van der Waals surface area contributed by atoms with Gasteiger partial charge in [0.2, 0.25) is 0 Å². The van der Waals surface area contributed by atoms with Gasteiger partial charge in [-0.05, 0) is 36.7 Å². The molecule has 2 aromatic rings. The molecule has 2 aromatic carbocycles. The van der Waals surface area contributed by atoms with E-state index in [0.717, 1.165) is 25.6 Å². The average Bonchev–Trinajstić information content (AvgIpc) is 2.62. The van der Waals surface area contributed by atoms with Crippen molar-refractivity contribution in [3.63, 3.8) is 0 Å². The molecular formula is C21H31IN4. The van der Waals surface area contributed by atoms with Crippen molar-refractivity contribution in [2.45, 2.75) is 25.9 Å². The van der Waals surface area contributed by atoms with Crippen LogP contribution in [0.3, 0.4) is 0 Å². The lowest BCUT2D eigenvalue weighted by molar-refractivity contribution is 0.402. The lowest BCUT2D eigenvalue weighted by atomic mass is 10.0. The fourth-order valence-electron chi connectivity index (χ4n) is 2.76. The van der Waals surface area contributed by atoms with Gasteiger partial charge in [0.1, 0.15) is 0 Å². The fraction of sp³-hybridized carbons (Fsp3) is 0.381. The van der Waals surface area contributed by atoms with Gasteiger partial charge < -0.3 is 15.5 Å². The molecule has 26 heavy (non-hydrogen) atoms. The molecule has 0 aromatic heterocycles. The topological polar surface area (TPSA) is 39.7 Å². The zero-order chi connectivity index (χ0) is 18.1. The van der Waals surface area contributed by atoms with Gasteiger partial charge in [-0.25, -0.2) is 0 Å². The Morgan fingerprint density at radius 2 is 1.69 bits per heavy atom. The Hall–Kier alpha value is -1.60. The van der Waals surface area contributed by atoms with Crippen LogP contribution in [0.4, 0.5) is 0 Å². The molecule has 142 valence electrons. The summed E-state index contributed by atoms with van der Waals surface area (Å²) in [4.78, 5) is 6.50. The minimum Gasteiger partial charge on any atom is -0.356 e. The maximum Gasteiger partial charge on any atom is 0.191 e. The van der Waals surface area contributed by atoms with Crippen LogP contribution in [0.1, 0.15) is 29.5 Å². The van der Waals surface area contributed by atoms with Gasteiger partial charge in [-0.15, -0.1) is 24.0 Å². The van der Waals surface area contributed by atoms with Gasteiger partial charge in [-0.1, -0.05) is 61.5 Å². The van der Waals surface area contributed by atoms with Crippen LogP contribution in [-0.4, -0.2) is 38.5 Å². The third-order valence-electron chi connectivity index (χ3n) is 4.12. The Morgan fingerprint density at radius 3 is 2.35 bits per heavy atom. The van der Waals surface area contributed by atoms with E-state index in [9.17, 15) is 0 Å². The molecular weight excluding hydrogens is 435 g/mol. The first-order valence-corrected chi connectivity index (χ1v) is 8.80. The summed E-state index contributed by atoms with van der Waals surface area (Å²) in [5.74, 6) is 1.27. The highest BCUT2D eigenvalue weighted by molar-refractivity contribution is 14.0. The Morgan fingerprint density at radius 1 is 1.00 bits per heavy atom. The number of benzene rings is 2. The number of halogens is 1. The number of aliphatic imine (C=N–C) groups is 1.